The van der Waals surface area contributed by atoms with Gasteiger partial charge in [0.1, 0.15) is 29.0 Å². The molecule has 19 heteroatoms. The molecule has 0 aliphatic rings. The van der Waals surface area contributed by atoms with Crippen molar-refractivity contribution in [3.63, 3.8) is 0 Å². The first kappa shape index (κ1) is 38.6. The lowest BCUT2D eigenvalue weighted by Crippen LogP contribution is -1.96. The van der Waals surface area contributed by atoms with Crippen LogP contribution in [-0.4, -0.2) is 55.5 Å². The monoisotopic (exact) mass is 820 g/mol. The van der Waals surface area contributed by atoms with Crippen molar-refractivity contribution in [2.75, 3.05) is 16.0 Å². The zero-order valence-electron chi connectivity index (χ0n) is 30.8. The number of anilines is 6. The third-order valence-electron chi connectivity index (χ3n) is 8.05. The number of benzene rings is 1. The van der Waals surface area contributed by atoms with Crippen LogP contribution in [0.3, 0.4) is 0 Å². The Morgan fingerprint density at radius 1 is 0.596 bits per heavy atom. The largest absolute Gasteiger partial charge is 0.327 e. The molecule has 9 aromatic rings. The second kappa shape index (κ2) is 17.8. The van der Waals surface area contributed by atoms with Crippen molar-refractivity contribution in [1.29, 1.82) is 0 Å². The molecular formula is C38H34F2N14S3. The lowest BCUT2D eigenvalue weighted by atomic mass is 10.2. The summed E-state index contributed by atoms with van der Waals surface area (Å²) in [5, 5.41) is 33.4. The minimum Gasteiger partial charge on any atom is -0.327 e. The van der Waals surface area contributed by atoms with Gasteiger partial charge in [-0.15, -0.1) is 34.0 Å². The van der Waals surface area contributed by atoms with Crippen molar-refractivity contribution in [2.45, 2.75) is 27.7 Å². The number of hydrogen-bond acceptors (Lipinski definition) is 14. The Balaban J connectivity index is 0.000000131. The fourth-order valence-corrected chi connectivity index (χ4v) is 7.66. The molecule has 14 nitrogen and oxygen atoms in total. The number of aromatic amines is 3. The third-order valence-corrected chi connectivity index (χ3v) is 10.6. The van der Waals surface area contributed by atoms with Crippen LogP contribution in [0.15, 0.2) is 97.2 Å². The summed E-state index contributed by atoms with van der Waals surface area (Å²) in [6.45, 7) is 7.98. The Bertz CT molecular complexity index is 2630. The summed E-state index contributed by atoms with van der Waals surface area (Å²) in [5.41, 5.74) is 7.25. The molecule has 0 fully saturated rings. The van der Waals surface area contributed by atoms with Crippen LogP contribution in [-0.2, 0) is 0 Å². The van der Waals surface area contributed by atoms with Crippen LogP contribution in [0.1, 0.15) is 21.1 Å². The van der Waals surface area contributed by atoms with Crippen molar-refractivity contribution in [3.05, 3.63) is 130 Å². The summed E-state index contributed by atoms with van der Waals surface area (Å²) in [7, 11) is 0. The Morgan fingerprint density at radius 3 is 1.74 bits per heavy atom. The Hall–Kier alpha value is -6.70. The van der Waals surface area contributed by atoms with Gasteiger partial charge in [0.2, 0.25) is 0 Å². The van der Waals surface area contributed by atoms with Gasteiger partial charge in [-0.1, -0.05) is 18.2 Å². The van der Waals surface area contributed by atoms with Gasteiger partial charge in [-0.3, -0.25) is 15.3 Å². The molecule has 0 atom stereocenters. The van der Waals surface area contributed by atoms with Crippen LogP contribution in [0.2, 0.25) is 0 Å². The molecule has 0 bridgehead atoms. The van der Waals surface area contributed by atoms with E-state index >= 15 is 0 Å². The first-order chi connectivity index (χ1) is 27.7. The van der Waals surface area contributed by atoms with E-state index in [9.17, 15) is 8.78 Å². The van der Waals surface area contributed by atoms with E-state index in [-0.39, 0.29) is 5.69 Å². The standard InChI is InChI=1S/C13H10F2N4S.C13H13N5S.C12H11N5S/c1-7-8(5-16-19-7)11-6-20-13(17-11)18-12-9(14)3-2-4-10(12)15;1-8-10(7-15-18-8)12-9(2)19-13(17-12)16-11-5-3-4-6-14-11;1-8-11(9-6-14-15-7-9)17-12(18-8)16-10-4-2-3-5-13-10/h2-6H,1H3,(H,16,19)(H,17,18);3-7H,1-2H3,(H,15,18)(H,14,16,17);2-7H,1H3,(H,14,15)(H,13,16,17). The van der Waals surface area contributed by atoms with Crippen LogP contribution >= 0.6 is 34.0 Å². The highest BCUT2D eigenvalue weighted by Gasteiger charge is 2.15. The number of pyridine rings is 2. The number of halogens is 2. The van der Waals surface area contributed by atoms with Crippen LogP contribution in [0.5, 0.6) is 0 Å². The lowest BCUT2D eigenvalue weighted by Gasteiger charge is -2.04. The molecule has 8 heterocycles. The van der Waals surface area contributed by atoms with Crippen LogP contribution in [0.25, 0.3) is 33.8 Å². The smallest absolute Gasteiger partial charge is 0.189 e. The van der Waals surface area contributed by atoms with E-state index in [0.717, 1.165) is 71.1 Å². The second-order valence-electron chi connectivity index (χ2n) is 12.1. The Kier molecular flexibility index (Phi) is 12.1. The van der Waals surface area contributed by atoms with Gasteiger partial charge < -0.3 is 16.0 Å². The highest BCUT2D eigenvalue weighted by atomic mass is 32.1. The summed E-state index contributed by atoms with van der Waals surface area (Å²) in [5.74, 6) is 0.291. The van der Waals surface area contributed by atoms with E-state index in [0.29, 0.717) is 10.8 Å². The lowest BCUT2D eigenvalue weighted by molar-refractivity contribution is 0.591. The fraction of sp³-hybridized carbons (Fsp3) is 0.105. The molecule has 0 aliphatic carbocycles. The number of aryl methyl sites for hydroxylation is 4. The maximum atomic E-state index is 13.5. The summed E-state index contributed by atoms with van der Waals surface area (Å²) in [4.78, 5) is 24.2. The summed E-state index contributed by atoms with van der Waals surface area (Å²) in [6, 6.07) is 15.2. The summed E-state index contributed by atoms with van der Waals surface area (Å²) >= 11 is 4.49. The molecule has 288 valence electrons. The number of aromatic nitrogens is 11. The van der Waals surface area contributed by atoms with Gasteiger partial charge >= 0.3 is 0 Å². The average molecular weight is 821 g/mol. The van der Waals surface area contributed by atoms with Crippen molar-refractivity contribution in [3.8, 4) is 33.8 Å². The predicted octanol–water partition coefficient (Wildman–Crippen LogP) is 10.1. The fourth-order valence-electron chi connectivity index (χ4n) is 5.27. The van der Waals surface area contributed by atoms with Gasteiger partial charge in [0.05, 0.1) is 35.7 Å². The van der Waals surface area contributed by atoms with Crippen LogP contribution < -0.4 is 16.0 Å². The molecule has 0 saturated carbocycles. The minimum absolute atomic E-state index is 0.197. The van der Waals surface area contributed by atoms with Gasteiger partial charge in [-0.05, 0) is 64.1 Å². The highest BCUT2D eigenvalue weighted by Crippen LogP contribution is 2.34. The SMILES string of the molecule is Cc1[nH]ncc1-c1csc(Nc2c(F)cccc2F)n1.Cc1[nH]ncc1-c1nc(Nc2ccccn2)sc1C.Cc1sc(Nc2ccccn2)nc1-c1cn[nH]c1. The van der Waals surface area contributed by atoms with Crippen molar-refractivity contribution < 1.29 is 8.78 Å². The zero-order chi connectivity index (χ0) is 39.7. The number of rotatable bonds is 9. The maximum Gasteiger partial charge on any atom is 0.189 e. The van der Waals surface area contributed by atoms with E-state index in [1.54, 1.807) is 52.8 Å². The van der Waals surface area contributed by atoms with Crippen LogP contribution in [0.4, 0.5) is 41.5 Å². The number of hydrogen-bond donors (Lipinski definition) is 6. The molecule has 0 spiro atoms. The molecule has 0 radical (unpaired) electrons. The van der Waals surface area contributed by atoms with Crippen LogP contribution in [0, 0.1) is 39.3 Å². The number of H-pyrrole nitrogens is 3. The first-order valence-corrected chi connectivity index (χ1v) is 19.7. The first-order valence-electron chi connectivity index (χ1n) is 17.2. The van der Waals surface area contributed by atoms with Crippen molar-refractivity contribution in [1.82, 2.24) is 55.5 Å². The molecule has 6 N–H and O–H groups in total. The molecule has 0 amide bonds. The van der Waals surface area contributed by atoms with Crippen molar-refractivity contribution in [2.24, 2.45) is 0 Å². The van der Waals surface area contributed by atoms with Gasteiger partial charge in [0.25, 0.3) is 0 Å². The van der Waals surface area contributed by atoms with E-state index in [4.69, 9.17) is 0 Å². The number of thiazole rings is 3. The van der Waals surface area contributed by atoms with Gasteiger partial charge in [0.15, 0.2) is 15.4 Å². The molecule has 0 unspecified atom stereocenters. The van der Waals surface area contributed by atoms with Gasteiger partial charge in [0, 0.05) is 61.8 Å². The molecule has 57 heavy (non-hydrogen) atoms. The average Bonchev–Trinajstić information content (AvgIpc) is 4.07. The number of nitrogens with one attached hydrogen (secondary N) is 6. The topological polar surface area (TPSA) is 187 Å². The highest BCUT2D eigenvalue weighted by molar-refractivity contribution is 7.16. The Labute approximate surface area is 337 Å². The number of para-hydroxylation sites is 1. The molecule has 1 aromatic carbocycles. The van der Waals surface area contributed by atoms with E-state index in [1.807, 2.05) is 69.6 Å². The van der Waals surface area contributed by atoms with Crippen molar-refractivity contribution >= 4 is 66.7 Å². The normalized spacial score (nSPS) is 10.6. The molecule has 0 saturated heterocycles. The third kappa shape index (κ3) is 9.58. The number of nitrogens with zero attached hydrogens (tertiary/aromatic N) is 8. The zero-order valence-corrected chi connectivity index (χ0v) is 33.2. The predicted molar refractivity (Wildman–Crippen MR) is 223 cm³/mol. The Morgan fingerprint density at radius 2 is 1.19 bits per heavy atom. The summed E-state index contributed by atoms with van der Waals surface area (Å²) in [6.07, 6.45) is 10.6. The van der Waals surface area contributed by atoms with Gasteiger partial charge in [-0.25, -0.2) is 33.7 Å². The van der Waals surface area contributed by atoms with E-state index in [2.05, 4.69) is 78.4 Å². The molecule has 8 aromatic heterocycles. The summed E-state index contributed by atoms with van der Waals surface area (Å²) < 4.78 is 27.1. The maximum absolute atomic E-state index is 13.5. The second-order valence-corrected chi connectivity index (χ2v) is 15.4. The molecular weight excluding hydrogens is 787 g/mol. The van der Waals surface area contributed by atoms with Gasteiger partial charge in [-0.2, -0.15) is 15.3 Å². The molecule has 9 rings (SSSR count). The van der Waals surface area contributed by atoms with E-state index in [1.165, 1.54) is 29.5 Å². The van der Waals surface area contributed by atoms with E-state index < -0.39 is 11.6 Å². The minimum atomic E-state index is -0.652. The molecule has 0 aliphatic heterocycles. The quantitative estimate of drug-likeness (QED) is 0.0814.